The number of carbonyl (C=O) groups excluding carboxylic acids is 2. The second kappa shape index (κ2) is 20.6. The standard InChI is InChI=1S/C20H33N3O3S.C20H33N3O2S/c1-5-6-7-16-8-10-17(11-9-16)21-19(24)23-14-12-18(13-15-23)22-27(25,26)20(2,3)4;1-5-6-7-16-8-10-17(11-9-16)21-19(24)23-14-12-18(13-15-23)22-26(25)20(2,3)4/h8-11,18,22H,5-7,12-15H2,1-4H3,(H,21,24);8-11,18,22H,5-7,12-15H2,1-4H3,(H,21,24). The van der Waals surface area contributed by atoms with Crippen LogP contribution in [0.1, 0.15) is 118 Å². The zero-order valence-electron chi connectivity index (χ0n) is 33.4. The number of unbranched alkanes of at least 4 members (excludes halogenated alkanes) is 2. The minimum atomic E-state index is -3.36. The van der Waals surface area contributed by atoms with Gasteiger partial charge < -0.3 is 20.4 Å². The minimum absolute atomic E-state index is 0.0540. The van der Waals surface area contributed by atoms with E-state index >= 15 is 0 Å². The van der Waals surface area contributed by atoms with Gasteiger partial charge in [-0.3, -0.25) is 0 Å². The van der Waals surface area contributed by atoms with E-state index in [9.17, 15) is 22.2 Å². The van der Waals surface area contributed by atoms with E-state index in [0.717, 1.165) is 37.1 Å². The highest BCUT2D eigenvalue weighted by Gasteiger charge is 2.33. The summed E-state index contributed by atoms with van der Waals surface area (Å²) in [5, 5.41) is 5.91. The maximum absolute atomic E-state index is 12.5. The third kappa shape index (κ3) is 15.0. The summed E-state index contributed by atoms with van der Waals surface area (Å²) >= 11 is 0. The van der Waals surface area contributed by atoms with Gasteiger partial charge in [-0.15, -0.1) is 0 Å². The molecule has 13 heteroatoms. The Kier molecular flexibility index (Phi) is 17.3. The maximum Gasteiger partial charge on any atom is 0.321 e. The molecule has 298 valence electrons. The molecule has 2 aliphatic rings. The van der Waals surface area contributed by atoms with Gasteiger partial charge in [-0.1, -0.05) is 51.0 Å². The minimum Gasteiger partial charge on any atom is -0.324 e. The molecule has 4 amide bonds. The van der Waals surface area contributed by atoms with Gasteiger partial charge in [-0.05, 0) is 128 Å². The number of carbonyl (C=O) groups is 2. The largest absolute Gasteiger partial charge is 0.324 e. The van der Waals surface area contributed by atoms with Crippen LogP contribution in [0.2, 0.25) is 0 Å². The zero-order chi connectivity index (χ0) is 39.2. The van der Waals surface area contributed by atoms with Gasteiger partial charge in [-0.25, -0.2) is 31.7 Å². The van der Waals surface area contributed by atoms with Crippen LogP contribution >= 0.6 is 0 Å². The van der Waals surface area contributed by atoms with Crippen LogP contribution in [0.25, 0.3) is 0 Å². The van der Waals surface area contributed by atoms with Crippen molar-refractivity contribution in [2.24, 2.45) is 0 Å². The Bertz CT molecular complexity index is 1550. The Morgan fingerprint density at radius 2 is 1.06 bits per heavy atom. The second-order valence-corrected chi connectivity index (χ2v) is 20.7. The highest BCUT2D eigenvalue weighted by molar-refractivity contribution is 7.90. The molecular weight excluding hydrogens is 709 g/mol. The number of aryl methyl sites for hydroxylation is 2. The number of urea groups is 2. The summed E-state index contributed by atoms with van der Waals surface area (Å²) in [5.41, 5.74) is 4.21. The fraction of sp³-hybridized carbons (Fsp3) is 0.650. The van der Waals surface area contributed by atoms with Crippen molar-refractivity contribution in [1.82, 2.24) is 19.2 Å². The number of hydrogen-bond acceptors (Lipinski definition) is 5. The number of nitrogens with zero attached hydrogens (tertiary/aromatic N) is 2. The predicted octanol–water partition coefficient (Wildman–Crippen LogP) is 7.82. The van der Waals surface area contributed by atoms with Crippen molar-refractivity contribution in [2.45, 2.75) is 141 Å². The van der Waals surface area contributed by atoms with Gasteiger partial charge in [0.1, 0.15) is 0 Å². The van der Waals surface area contributed by atoms with Gasteiger partial charge in [0, 0.05) is 49.6 Å². The van der Waals surface area contributed by atoms with Crippen molar-refractivity contribution in [1.29, 1.82) is 0 Å². The molecule has 2 aliphatic heterocycles. The topological polar surface area (TPSA) is 140 Å². The monoisotopic (exact) mass is 774 g/mol. The molecule has 2 fully saturated rings. The van der Waals surface area contributed by atoms with Crippen LogP contribution in [-0.2, 0) is 33.9 Å². The van der Waals surface area contributed by atoms with E-state index in [4.69, 9.17) is 0 Å². The molecule has 0 saturated carbocycles. The molecule has 53 heavy (non-hydrogen) atoms. The number of anilines is 2. The zero-order valence-corrected chi connectivity index (χ0v) is 35.1. The Morgan fingerprint density at radius 3 is 1.40 bits per heavy atom. The molecule has 2 aromatic rings. The van der Waals surface area contributed by atoms with Gasteiger partial charge in [0.15, 0.2) is 0 Å². The van der Waals surface area contributed by atoms with Gasteiger partial charge in [0.05, 0.1) is 20.5 Å². The van der Waals surface area contributed by atoms with E-state index in [2.05, 4.69) is 58.2 Å². The Labute approximate surface area is 322 Å². The van der Waals surface area contributed by atoms with Gasteiger partial charge in [-0.2, -0.15) is 0 Å². The Balaban J connectivity index is 0.000000286. The predicted molar refractivity (Wildman–Crippen MR) is 220 cm³/mol. The van der Waals surface area contributed by atoms with Crippen LogP contribution in [0.4, 0.5) is 21.0 Å². The first-order chi connectivity index (χ1) is 24.9. The lowest BCUT2D eigenvalue weighted by Crippen LogP contribution is -2.50. The van der Waals surface area contributed by atoms with Crippen molar-refractivity contribution >= 4 is 44.4 Å². The molecule has 0 aromatic heterocycles. The number of piperidine rings is 2. The van der Waals surface area contributed by atoms with Crippen molar-refractivity contribution < 1.29 is 22.2 Å². The third-order valence-electron chi connectivity index (χ3n) is 9.57. The molecule has 2 heterocycles. The lowest BCUT2D eigenvalue weighted by Gasteiger charge is -2.33. The normalized spacial score (nSPS) is 16.8. The van der Waals surface area contributed by atoms with Gasteiger partial charge >= 0.3 is 12.1 Å². The van der Waals surface area contributed by atoms with Crippen LogP contribution in [0.15, 0.2) is 48.5 Å². The van der Waals surface area contributed by atoms with E-state index < -0.39 is 25.8 Å². The van der Waals surface area contributed by atoms with E-state index in [1.807, 2.05) is 49.9 Å². The molecule has 11 nitrogen and oxygen atoms in total. The molecule has 0 bridgehead atoms. The van der Waals surface area contributed by atoms with Crippen LogP contribution < -0.4 is 20.1 Å². The Morgan fingerprint density at radius 1 is 0.679 bits per heavy atom. The Hall–Kier alpha value is -3.00. The SMILES string of the molecule is CCCCc1ccc(NC(=O)N2CCC(NS(=O)(=O)C(C)(C)C)CC2)cc1.CCCCc1ccc(NC(=O)N2CCC(NS(=O)C(C)(C)C)CC2)cc1. The number of amides is 4. The van der Waals surface area contributed by atoms with Crippen molar-refractivity contribution in [3.63, 3.8) is 0 Å². The molecule has 1 atom stereocenters. The molecular formula is C40H66N6O5S2. The summed E-state index contributed by atoms with van der Waals surface area (Å²) in [4.78, 5) is 28.5. The van der Waals surface area contributed by atoms with E-state index in [1.165, 1.54) is 36.8 Å². The van der Waals surface area contributed by atoms with Crippen LogP contribution in [0, 0.1) is 0 Å². The summed E-state index contributed by atoms with van der Waals surface area (Å²) in [5.74, 6) is 0. The fourth-order valence-corrected chi connectivity index (χ4v) is 7.72. The number of hydrogen-bond donors (Lipinski definition) is 4. The number of nitrogens with one attached hydrogen (secondary N) is 4. The van der Waals surface area contributed by atoms with Crippen LogP contribution in [0.5, 0.6) is 0 Å². The summed E-state index contributed by atoms with van der Waals surface area (Å²) in [6, 6.07) is 16.0. The lowest BCUT2D eigenvalue weighted by molar-refractivity contribution is 0.192. The summed E-state index contributed by atoms with van der Waals surface area (Å²) < 4.78 is 41.6. The molecule has 2 saturated heterocycles. The third-order valence-corrected chi connectivity index (χ3v) is 13.5. The second-order valence-electron chi connectivity index (χ2n) is 16.2. The van der Waals surface area contributed by atoms with E-state index in [-0.39, 0.29) is 28.9 Å². The molecule has 4 N–H and O–H groups in total. The van der Waals surface area contributed by atoms with Crippen LogP contribution in [-0.4, -0.2) is 82.2 Å². The number of rotatable bonds is 12. The van der Waals surface area contributed by atoms with Crippen molar-refractivity contribution in [2.75, 3.05) is 36.8 Å². The molecule has 1 unspecified atom stereocenters. The fourth-order valence-electron chi connectivity index (χ4n) is 5.80. The van der Waals surface area contributed by atoms with E-state index in [1.54, 1.807) is 25.7 Å². The van der Waals surface area contributed by atoms with E-state index in [0.29, 0.717) is 39.0 Å². The summed E-state index contributed by atoms with van der Waals surface area (Å²) in [7, 11) is -4.43. The van der Waals surface area contributed by atoms with Gasteiger partial charge in [0.25, 0.3) is 0 Å². The first-order valence-corrected chi connectivity index (χ1v) is 22.0. The van der Waals surface area contributed by atoms with Crippen molar-refractivity contribution in [3.05, 3.63) is 59.7 Å². The van der Waals surface area contributed by atoms with Gasteiger partial charge in [0.2, 0.25) is 10.0 Å². The first-order valence-electron chi connectivity index (χ1n) is 19.4. The lowest BCUT2D eigenvalue weighted by atomic mass is 10.1. The smallest absolute Gasteiger partial charge is 0.321 e. The molecule has 0 radical (unpaired) electrons. The first kappa shape index (κ1) is 44.4. The number of benzene rings is 2. The van der Waals surface area contributed by atoms with Crippen LogP contribution in [0.3, 0.4) is 0 Å². The number of likely N-dealkylation sites (tertiary alicyclic amines) is 2. The molecule has 4 rings (SSSR count). The summed E-state index contributed by atoms with van der Waals surface area (Å²) in [6.07, 6.45) is 9.75. The highest BCUT2D eigenvalue weighted by Crippen LogP contribution is 2.20. The maximum atomic E-state index is 12.5. The molecule has 0 aliphatic carbocycles. The summed E-state index contributed by atoms with van der Waals surface area (Å²) in [6.45, 7) is 17.8. The molecule has 2 aromatic carbocycles. The highest BCUT2D eigenvalue weighted by atomic mass is 32.2. The average Bonchev–Trinajstić information content (AvgIpc) is 3.11. The average molecular weight is 775 g/mol. The number of sulfonamides is 1. The quantitative estimate of drug-likeness (QED) is 0.174. The van der Waals surface area contributed by atoms with Crippen molar-refractivity contribution in [3.8, 4) is 0 Å². The molecule has 0 spiro atoms.